The van der Waals surface area contributed by atoms with Crippen LogP contribution >= 0.6 is 0 Å². The quantitative estimate of drug-likeness (QED) is 0.625. The molecule has 0 saturated heterocycles. The number of unbranched alkanes of at least 4 members (excludes halogenated alkanes) is 2. The lowest BCUT2D eigenvalue weighted by Gasteiger charge is -2.32. The van der Waals surface area contributed by atoms with E-state index in [1.165, 1.54) is 0 Å². The van der Waals surface area contributed by atoms with Crippen LogP contribution in [-0.4, -0.2) is 16.6 Å². The van der Waals surface area contributed by atoms with Gasteiger partial charge in [-0.05, 0) is 29.9 Å². The Bertz CT molecular complexity index is 749. The highest BCUT2D eigenvalue weighted by atomic mass is 16.2. The van der Waals surface area contributed by atoms with Gasteiger partial charge in [0.05, 0.1) is 0 Å². The molecule has 0 radical (unpaired) electrons. The van der Waals surface area contributed by atoms with Crippen molar-refractivity contribution in [2.75, 3.05) is 0 Å². The number of fused-ring (bicyclic) bond motifs is 1. The zero-order valence-corrected chi connectivity index (χ0v) is 14.9. The Hall–Kier alpha value is -1.90. The second-order valence-electron chi connectivity index (χ2n) is 7.90. The molecule has 1 aromatic heterocycles. The molecule has 24 heavy (non-hydrogen) atoms. The first-order valence-corrected chi connectivity index (χ1v) is 9.08. The van der Waals surface area contributed by atoms with Crippen LogP contribution in [0.5, 0.6) is 0 Å². The van der Waals surface area contributed by atoms with Crippen molar-refractivity contribution in [2.24, 2.45) is 5.41 Å². The SMILES string of the molecule is CCCCCc1[nH]c2ccccc2c1C1C(=O)CC(C)(C)CC1=O. The van der Waals surface area contributed by atoms with Gasteiger partial charge < -0.3 is 4.98 Å². The largest absolute Gasteiger partial charge is 0.358 e. The third-order valence-electron chi connectivity index (χ3n) is 5.10. The molecular weight excluding hydrogens is 298 g/mol. The summed E-state index contributed by atoms with van der Waals surface area (Å²) in [5.74, 6) is -0.415. The maximum atomic E-state index is 12.8. The second kappa shape index (κ2) is 6.54. The van der Waals surface area contributed by atoms with Crippen LogP contribution in [0.25, 0.3) is 10.9 Å². The lowest BCUT2D eigenvalue weighted by molar-refractivity contribution is -0.135. The average molecular weight is 325 g/mol. The fourth-order valence-corrected chi connectivity index (χ4v) is 4.01. The number of aromatic nitrogens is 1. The molecular formula is C21H27NO2. The summed E-state index contributed by atoms with van der Waals surface area (Å²) in [5, 5.41) is 1.04. The van der Waals surface area contributed by atoms with Crippen LogP contribution in [0.15, 0.2) is 24.3 Å². The van der Waals surface area contributed by atoms with Crippen molar-refractivity contribution < 1.29 is 9.59 Å². The van der Waals surface area contributed by atoms with E-state index in [4.69, 9.17) is 0 Å². The van der Waals surface area contributed by atoms with Crippen LogP contribution in [0, 0.1) is 5.41 Å². The molecule has 0 spiro atoms. The highest BCUT2D eigenvalue weighted by Crippen LogP contribution is 2.41. The van der Waals surface area contributed by atoms with Crippen molar-refractivity contribution in [1.29, 1.82) is 0 Å². The van der Waals surface area contributed by atoms with Gasteiger partial charge in [-0.25, -0.2) is 0 Å². The van der Waals surface area contributed by atoms with E-state index in [1.807, 2.05) is 38.1 Å². The van der Waals surface area contributed by atoms with Gasteiger partial charge in [0.1, 0.15) is 17.5 Å². The maximum absolute atomic E-state index is 12.8. The number of H-pyrrole nitrogens is 1. The fraction of sp³-hybridized carbons (Fsp3) is 0.524. The number of aromatic amines is 1. The Morgan fingerprint density at radius 3 is 2.42 bits per heavy atom. The number of hydrogen-bond acceptors (Lipinski definition) is 2. The van der Waals surface area contributed by atoms with Crippen LogP contribution in [-0.2, 0) is 16.0 Å². The normalized spacial score (nSPS) is 18.5. The minimum Gasteiger partial charge on any atom is -0.358 e. The molecule has 2 aromatic rings. The molecule has 1 N–H and O–H groups in total. The van der Waals surface area contributed by atoms with Crippen LogP contribution in [0.3, 0.4) is 0 Å². The van der Waals surface area contributed by atoms with Gasteiger partial charge in [0.25, 0.3) is 0 Å². The topological polar surface area (TPSA) is 49.9 Å². The summed E-state index contributed by atoms with van der Waals surface area (Å²) in [6.07, 6.45) is 5.27. The van der Waals surface area contributed by atoms with Gasteiger partial charge in [-0.15, -0.1) is 0 Å². The van der Waals surface area contributed by atoms with E-state index in [-0.39, 0.29) is 17.0 Å². The molecule has 0 amide bonds. The molecule has 0 bridgehead atoms. The first-order valence-electron chi connectivity index (χ1n) is 9.08. The predicted octanol–water partition coefficient (Wildman–Crippen LogP) is 4.94. The molecule has 0 aliphatic heterocycles. The van der Waals surface area contributed by atoms with Crippen LogP contribution < -0.4 is 0 Å². The summed E-state index contributed by atoms with van der Waals surface area (Å²) in [5.41, 5.74) is 2.85. The van der Waals surface area contributed by atoms with Crippen LogP contribution in [0.1, 0.15) is 70.1 Å². The Labute approximate surface area is 143 Å². The number of carbonyl (C=O) groups is 2. The standard InChI is InChI=1S/C21H27NO2/c1-4-5-6-11-16-19(14-9-7-8-10-15(14)22-16)20-17(23)12-21(2,3)13-18(20)24/h7-10,20,22H,4-6,11-13H2,1-3H3. The first kappa shape index (κ1) is 16.9. The van der Waals surface area contributed by atoms with E-state index < -0.39 is 5.92 Å². The Balaban J connectivity index is 2.05. The summed E-state index contributed by atoms with van der Waals surface area (Å²) < 4.78 is 0. The molecule has 1 aliphatic carbocycles. The van der Waals surface area contributed by atoms with Crippen molar-refractivity contribution in [3.05, 3.63) is 35.5 Å². The minimum absolute atomic E-state index is 0.0812. The second-order valence-corrected chi connectivity index (χ2v) is 7.90. The molecule has 3 rings (SSSR count). The van der Waals surface area contributed by atoms with Crippen molar-refractivity contribution in [2.45, 2.75) is 65.2 Å². The lowest BCUT2D eigenvalue weighted by Crippen LogP contribution is -2.36. The molecule has 0 unspecified atom stereocenters. The number of hydrogen-bond donors (Lipinski definition) is 1. The number of rotatable bonds is 5. The minimum atomic E-state index is -0.578. The van der Waals surface area contributed by atoms with E-state index in [2.05, 4.69) is 11.9 Å². The van der Waals surface area contributed by atoms with Crippen molar-refractivity contribution in [3.8, 4) is 0 Å². The van der Waals surface area contributed by atoms with E-state index in [1.54, 1.807) is 0 Å². The third kappa shape index (κ3) is 3.17. The Kier molecular flexibility index (Phi) is 4.62. The Morgan fingerprint density at radius 1 is 1.08 bits per heavy atom. The van der Waals surface area contributed by atoms with Crippen molar-refractivity contribution in [1.82, 2.24) is 4.98 Å². The number of ketones is 2. The summed E-state index contributed by atoms with van der Waals surface area (Å²) in [6, 6.07) is 8.04. The number of Topliss-reactive ketones (excluding diaryl/α,β-unsaturated/α-hetero) is 2. The first-order chi connectivity index (χ1) is 11.4. The van der Waals surface area contributed by atoms with E-state index in [9.17, 15) is 9.59 Å². The molecule has 1 aromatic carbocycles. The van der Waals surface area contributed by atoms with Gasteiger partial charge in [0.2, 0.25) is 0 Å². The smallest absolute Gasteiger partial charge is 0.148 e. The van der Waals surface area contributed by atoms with Gasteiger partial charge in [-0.1, -0.05) is 51.8 Å². The zero-order valence-electron chi connectivity index (χ0n) is 14.9. The highest BCUT2D eigenvalue weighted by Gasteiger charge is 2.42. The number of aryl methyl sites for hydroxylation is 1. The maximum Gasteiger partial charge on any atom is 0.148 e. The number of carbonyl (C=O) groups excluding carboxylic acids is 2. The summed E-state index contributed by atoms with van der Waals surface area (Å²) in [4.78, 5) is 29.1. The number of para-hydroxylation sites is 1. The molecule has 1 saturated carbocycles. The molecule has 3 nitrogen and oxygen atoms in total. The highest BCUT2D eigenvalue weighted by molar-refractivity contribution is 6.12. The number of benzene rings is 1. The molecule has 0 atom stereocenters. The van der Waals surface area contributed by atoms with Crippen LogP contribution in [0.2, 0.25) is 0 Å². The lowest BCUT2D eigenvalue weighted by atomic mass is 9.69. The van der Waals surface area contributed by atoms with Crippen molar-refractivity contribution >= 4 is 22.5 Å². The monoisotopic (exact) mass is 325 g/mol. The average Bonchev–Trinajstić information content (AvgIpc) is 2.84. The summed E-state index contributed by atoms with van der Waals surface area (Å²) in [7, 11) is 0. The third-order valence-corrected chi connectivity index (χ3v) is 5.10. The van der Waals surface area contributed by atoms with Gasteiger partial charge in [0, 0.05) is 29.4 Å². The van der Waals surface area contributed by atoms with Gasteiger partial charge in [0.15, 0.2) is 0 Å². The van der Waals surface area contributed by atoms with Crippen LogP contribution in [0.4, 0.5) is 0 Å². The van der Waals surface area contributed by atoms with Gasteiger partial charge >= 0.3 is 0 Å². The van der Waals surface area contributed by atoms with E-state index in [0.29, 0.717) is 12.8 Å². The summed E-state index contributed by atoms with van der Waals surface area (Å²) in [6.45, 7) is 6.20. The molecule has 1 fully saturated rings. The zero-order chi connectivity index (χ0) is 17.3. The Morgan fingerprint density at radius 2 is 1.75 bits per heavy atom. The van der Waals surface area contributed by atoms with Gasteiger partial charge in [-0.2, -0.15) is 0 Å². The fourth-order valence-electron chi connectivity index (χ4n) is 4.01. The molecule has 1 aliphatic rings. The predicted molar refractivity (Wildman–Crippen MR) is 97.3 cm³/mol. The van der Waals surface area contributed by atoms with E-state index in [0.717, 1.165) is 47.8 Å². The number of nitrogens with one attached hydrogen (secondary N) is 1. The summed E-state index contributed by atoms with van der Waals surface area (Å²) >= 11 is 0. The van der Waals surface area contributed by atoms with Crippen molar-refractivity contribution in [3.63, 3.8) is 0 Å². The molecule has 1 heterocycles. The van der Waals surface area contributed by atoms with Gasteiger partial charge in [-0.3, -0.25) is 9.59 Å². The van der Waals surface area contributed by atoms with E-state index >= 15 is 0 Å². The molecule has 128 valence electrons. The molecule has 3 heteroatoms.